The van der Waals surface area contributed by atoms with Crippen LogP contribution in [0.5, 0.6) is 0 Å². The molecule has 1 amide bonds. The molecule has 8 heteroatoms. The van der Waals surface area contributed by atoms with Crippen molar-refractivity contribution < 1.29 is 13.2 Å². The number of carbonyl (C=O) groups is 1. The fourth-order valence-electron chi connectivity index (χ4n) is 4.02. The average Bonchev–Trinajstić information content (AvgIpc) is 2.84. The Morgan fingerprint density at radius 3 is 2.41 bits per heavy atom. The Labute approximate surface area is 187 Å². The fourth-order valence-corrected chi connectivity index (χ4v) is 5.25. The van der Waals surface area contributed by atoms with Crippen LogP contribution < -0.4 is 9.73 Å². The predicted molar refractivity (Wildman–Crippen MR) is 126 cm³/mol. The van der Waals surface area contributed by atoms with Crippen LogP contribution in [0.25, 0.3) is 10.9 Å². The molecule has 1 aliphatic heterocycles. The molecule has 0 unspecified atom stereocenters. The third-order valence-electron chi connectivity index (χ3n) is 6.09. The molecule has 168 valence electrons. The Balaban J connectivity index is 1.72. The van der Waals surface area contributed by atoms with Crippen LogP contribution in [0.3, 0.4) is 0 Å². The van der Waals surface area contributed by atoms with Gasteiger partial charge in [0, 0.05) is 37.2 Å². The maximum absolute atomic E-state index is 13.2. The number of fused-ring (bicyclic) bond motifs is 1. The van der Waals surface area contributed by atoms with Gasteiger partial charge in [-0.2, -0.15) is 0 Å². The van der Waals surface area contributed by atoms with Crippen LogP contribution in [0.1, 0.15) is 42.1 Å². The van der Waals surface area contributed by atoms with Crippen molar-refractivity contribution in [2.45, 2.75) is 37.5 Å². The quantitative estimate of drug-likeness (QED) is 0.640. The molecule has 0 aliphatic carbocycles. The minimum atomic E-state index is -3.89. The summed E-state index contributed by atoms with van der Waals surface area (Å²) in [6.07, 6.45) is 5.21. The van der Waals surface area contributed by atoms with E-state index in [4.69, 9.17) is 0 Å². The zero-order valence-electron chi connectivity index (χ0n) is 18.3. The van der Waals surface area contributed by atoms with Crippen LogP contribution in [-0.2, 0) is 16.4 Å². The number of nitrogens with one attached hydrogen (secondary N) is 1. The van der Waals surface area contributed by atoms with Gasteiger partial charge in [-0.1, -0.05) is 19.1 Å². The van der Waals surface area contributed by atoms with Crippen molar-refractivity contribution in [3.05, 3.63) is 70.0 Å². The summed E-state index contributed by atoms with van der Waals surface area (Å²) in [6, 6.07) is 11.7. The lowest BCUT2D eigenvalue weighted by molar-refractivity contribution is 0.0723. The molecule has 4 rings (SSSR count). The lowest BCUT2D eigenvalue weighted by Gasteiger charge is -2.26. The van der Waals surface area contributed by atoms with E-state index in [2.05, 4.69) is 4.98 Å². The SMILES string of the molecule is CCc1ccc(N(C)S(=O)(=O)c2ccc3[nH]cc(C(=O)N4CCCCC4)c(=O)c3c2)cc1. The second-order valence-electron chi connectivity index (χ2n) is 8.08. The van der Waals surface area contributed by atoms with E-state index in [1.54, 1.807) is 23.1 Å². The smallest absolute Gasteiger partial charge is 0.264 e. The number of nitrogens with zero attached hydrogens (tertiary/aromatic N) is 2. The number of aromatic amines is 1. The molecule has 1 saturated heterocycles. The number of anilines is 1. The van der Waals surface area contributed by atoms with Gasteiger partial charge in [0.25, 0.3) is 15.9 Å². The molecule has 0 atom stereocenters. The molecule has 0 bridgehead atoms. The van der Waals surface area contributed by atoms with Gasteiger partial charge in [-0.05, 0) is 61.6 Å². The van der Waals surface area contributed by atoms with Gasteiger partial charge < -0.3 is 9.88 Å². The van der Waals surface area contributed by atoms with E-state index in [1.807, 2.05) is 19.1 Å². The molecule has 0 spiro atoms. The average molecular weight is 454 g/mol. The number of amides is 1. The maximum atomic E-state index is 13.2. The number of H-pyrrole nitrogens is 1. The minimum absolute atomic E-state index is 0.000129. The summed E-state index contributed by atoms with van der Waals surface area (Å²) in [6.45, 7) is 3.30. The van der Waals surface area contributed by atoms with E-state index in [-0.39, 0.29) is 21.8 Å². The fraction of sp³-hybridized carbons (Fsp3) is 0.333. The van der Waals surface area contributed by atoms with E-state index >= 15 is 0 Å². The van der Waals surface area contributed by atoms with Crippen LogP contribution in [0.2, 0.25) is 0 Å². The van der Waals surface area contributed by atoms with Crippen molar-refractivity contribution >= 4 is 32.5 Å². The largest absolute Gasteiger partial charge is 0.360 e. The van der Waals surface area contributed by atoms with Gasteiger partial charge in [0.05, 0.1) is 10.6 Å². The normalized spacial score (nSPS) is 14.5. The summed E-state index contributed by atoms with van der Waals surface area (Å²) in [7, 11) is -2.40. The van der Waals surface area contributed by atoms with Crippen molar-refractivity contribution in [1.82, 2.24) is 9.88 Å². The molecular weight excluding hydrogens is 426 g/mol. The highest BCUT2D eigenvalue weighted by molar-refractivity contribution is 7.92. The lowest BCUT2D eigenvalue weighted by Crippen LogP contribution is -2.38. The molecule has 3 aromatic rings. The number of hydrogen-bond donors (Lipinski definition) is 1. The minimum Gasteiger partial charge on any atom is -0.360 e. The van der Waals surface area contributed by atoms with Crippen LogP contribution >= 0.6 is 0 Å². The lowest BCUT2D eigenvalue weighted by atomic mass is 10.1. The van der Waals surface area contributed by atoms with Gasteiger partial charge in [-0.3, -0.25) is 13.9 Å². The highest BCUT2D eigenvalue weighted by Gasteiger charge is 2.24. The van der Waals surface area contributed by atoms with Crippen molar-refractivity contribution in [3.8, 4) is 0 Å². The number of aromatic nitrogens is 1. The Bertz CT molecular complexity index is 1310. The Kier molecular flexibility index (Phi) is 6.06. The van der Waals surface area contributed by atoms with Crippen molar-refractivity contribution in [2.75, 3.05) is 24.4 Å². The van der Waals surface area contributed by atoms with E-state index in [1.165, 1.54) is 29.7 Å². The Morgan fingerprint density at radius 2 is 1.75 bits per heavy atom. The number of hydrogen-bond acceptors (Lipinski definition) is 4. The van der Waals surface area contributed by atoms with E-state index in [0.717, 1.165) is 31.2 Å². The second-order valence-corrected chi connectivity index (χ2v) is 10.1. The molecule has 1 aromatic heterocycles. The summed E-state index contributed by atoms with van der Waals surface area (Å²) in [5.41, 5.74) is 1.71. The molecule has 0 saturated carbocycles. The second kappa shape index (κ2) is 8.78. The van der Waals surface area contributed by atoms with E-state index in [9.17, 15) is 18.0 Å². The molecule has 7 nitrogen and oxygen atoms in total. The van der Waals surface area contributed by atoms with Crippen LogP contribution in [0.15, 0.2) is 58.4 Å². The summed E-state index contributed by atoms with van der Waals surface area (Å²) < 4.78 is 27.7. The number of benzene rings is 2. The molecular formula is C24H27N3O4S. The molecule has 2 aromatic carbocycles. The Morgan fingerprint density at radius 1 is 1.06 bits per heavy atom. The predicted octanol–water partition coefficient (Wildman–Crippen LogP) is 3.54. The maximum Gasteiger partial charge on any atom is 0.264 e. The van der Waals surface area contributed by atoms with Gasteiger partial charge in [-0.25, -0.2) is 8.42 Å². The topological polar surface area (TPSA) is 90.6 Å². The van der Waals surface area contributed by atoms with E-state index in [0.29, 0.717) is 24.3 Å². The Hall–Kier alpha value is -3.13. The van der Waals surface area contributed by atoms with Crippen LogP contribution in [0, 0.1) is 0 Å². The summed E-state index contributed by atoms with van der Waals surface area (Å²) in [5.74, 6) is -0.311. The molecule has 1 aliphatic rings. The summed E-state index contributed by atoms with van der Waals surface area (Å²) in [5, 5.41) is 0.184. The van der Waals surface area contributed by atoms with Gasteiger partial charge in [0.1, 0.15) is 5.56 Å². The number of pyridine rings is 1. The summed E-state index contributed by atoms with van der Waals surface area (Å²) in [4.78, 5) is 30.7. The highest BCUT2D eigenvalue weighted by Crippen LogP contribution is 2.24. The number of likely N-dealkylation sites (tertiary alicyclic amines) is 1. The first kappa shape index (κ1) is 22.1. The first-order valence-electron chi connectivity index (χ1n) is 10.9. The van der Waals surface area contributed by atoms with Gasteiger partial charge in [0.15, 0.2) is 0 Å². The molecule has 1 N–H and O–H groups in total. The van der Waals surface area contributed by atoms with Gasteiger partial charge in [-0.15, -0.1) is 0 Å². The molecule has 0 radical (unpaired) electrons. The van der Waals surface area contributed by atoms with Crippen LogP contribution in [0.4, 0.5) is 5.69 Å². The molecule has 1 fully saturated rings. The first-order chi connectivity index (χ1) is 15.3. The number of aryl methyl sites for hydroxylation is 1. The highest BCUT2D eigenvalue weighted by atomic mass is 32.2. The zero-order valence-corrected chi connectivity index (χ0v) is 19.1. The number of carbonyl (C=O) groups excluding carboxylic acids is 1. The number of piperidine rings is 1. The first-order valence-corrected chi connectivity index (χ1v) is 12.3. The van der Waals surface area contributed by atoms with Gasteiger partial charge >= 0.3 is 0 Å². The van der Waals surface area contributed by atoms with E-state index < -0.39 is 15.5 Å². The van der Waals surface area contributed by atoms with Crippen LogP contribution in [-0.4, -0.2) is 44.3 Å². The standard InChI is InChI=1S/C24H27N3O4S/c1-3-17-7-9-18(10-8-17)26(2)32(30,31)19-11-12-22-20(15-19)23(28)21(16-25-22)24(29)27-13-5-4-6-14-27/h7-12,15-16H,3-6,13-14H2,1-2H3,(H,25,28). The molecule has 32 heavy (non-hydrogen) atoms. The number of rotatable bonds is 5. The van der Waals surface area contributed by atoms with Crippen molar-refractivity contribution in [2.24, 2.45) is 0 Å². The zero-order chi connectivity index (χ0) is 22.9. The number of sulfonamides is 1. The van der Waals surface area contributed by atoms with Crippen molar-refractivity contribution in [1.29, 1.82) is 0 Å². The molecule has 2 heterocycles. The van der Waals surface area contributed by atoms with Gasteiger partial charge in [0.2, 0.25) is 5.43 Å². The third kappa shape index (κ3) is 4.02. The third-order valence-corrected chi connectivity index (χ3v) is 7.87. The summed E-state index contributed by atoms with van der Waals surface area (Å²) >= 11 is 0. The monoisotopic (exact) mass is 453 g/mol. The van der Waals surface area contributed by atoms with Crippen molar-refractivity contribution in [3.63, 3.8) is 0 Å².